The van der Waals surface area contributed by atoms with Gasteiger partial charge in [-0.05, 0) is 79.0 Å². The van der Waals surface area contributed by atoms with Crippen LogP contribution in [0.3, 0.4) is 0 Å². The second kappa shape index (κ2) is 15.8. The van der Waals surface area contributed by atoms with Gasteiger partial charge in [-0.15, -0.1) is 0 Å². The summed E-state index contributed by atoms with van der Waals surface area (Å²) in [4.78, 5) is 30.0. The fourth-order valence-corrected chi connectivity index (χ4v) is 6.60. The Hall–Kier alpha value is -3.36. The van der Waals surface area contributed by atoms with Crippen LogP contribution in [-0.2, 0) is 14.8 Å². The summed E-state index contributed by atoms with van der Waals surface area (Å²) in [5.41, 5.74) is 0.520. The Kier molecular flexibility index (Phi) is 12.7. The monoisotopic (exact) mass is 651 g/mol. The van der Waals surface area contributed by atoms with Crippen LogP contribution in [-0.4, -0.2) is 98.1 Å². The molecule has 0 aliphatic carbocycles. The largest absolute Gasteiger partial charge is 0.490 e. The molecule has 0 saturated heterocycles. The number of amides is 3. The maximum absolute atomic E-state index is 14.3. The number of fused-ring (bicyclic) bond motifs is 1. The lowest BCUT2D eigenvalue weighted by Crippen LogP contribution is -2.49. The van der Waals surface area contributed by atoms with E-state index in [9.17, 15) is 23.1 Å². The van der Waals surface area contributed by atoms with Gasteiger partial charge in [-0.1, -0.05) is 12.1 Å². The fraction of sp³-hybridized carbons (Fsp3) is 0.645. The van der Waals surface area contributed by atoms with Gasteiger partial charge in [0.15, 0.2) is 10.7 Å². The van der Waals surface area contributed by atoms with Gasteiger partial charge in [-0.2, -0.15) is 0 Å². The lowest BCUT2D eigenvalue weighted by Gasteiger charge is -2.36. The Morgan fingerprint density at radius 1 is 1.20 bits per heavy atom. The molecule has 4 atom stereocenters. The normalized spacial score (nSPS) is 21.0. The number of ether oxygens (including phenoxy) is 2. The van der Waals surface area contributed by atoms with Gasteiger partial charge in [-0.3, -0.25) is 9.52 Å². The van der Waals surface area contributed by atoms with E-state index in [1.54, 1.807) is 35.9 Å². The van der Waals surface area contributed by atoms with E-state index in [2.05, 4.69) is 15.2 Å². The fourth-order valence-electron chi connectivity index (χ4n) is 5.22. The number of aromatic nitrogens is 1. The van der Waals surface area contributed by atoms with E-state index in [0.717, 1.165) is 12.8 Å². The molecule has 0 saturated carbocycles. The molecule has 0 radical (unpaired) electrons. The van der Waals surface area contributed by atoms with Crippen LogP contribution in [0.15, 0.2) is 27.6 Å². The summed E-state index contributed by atoms with van der Waals surface area (Å²) in [6.07, 6.45) is 1.67. The topological polar surface area (TPSA) is 164 Å². The molecular weight excluding hydrogens is 602 g/mol. The molecule has 0 fully saturated rings. The molecule has 252 valence electrons. The number of nitrogens with one attached hydrogen (secondary N) is 2. The number of nitrogens with zero attached hydrogens (tertiary/aromatic N) is 3. The van der Waals surface area contributed by atoms with Crippen molar-refractivity contribution in [3.05, 3.63) is 35.2 Å². The summed E-state index contributed by atoms with van der Waals surface area (Å²) in [5, 5.41) is 16.8. The summed E-state index contributed by atoms with van der Waals surface area (Å²) >= 11 is 0. The smallest absolute Gasteiger partial charge is 0.317 e. The Bertz CT molecular complexity index is 1390. The van der Waals surface area contributed by atoms with Crippen molar-refractivity contribution < 1.29 is 37.1 Å². The first-order valence-electron chi connectivity index (χ1n) is 15.5. The van der Waals surface area contributed by atoms with E-state index in [4.69, 9.17) is 14.0 Å². The number of anilines is 1. The van der Waals surface area contributed by atoms with Crippen LogP contribution < -0.4 is 14.8 Å². The number of benzene rings is 1. The minimum Gasteiger partial charge on any atom is -0.490 e. The zero-order valence-corrected chi connectivity index (χ0v) is 28.4. The molecule has 1 aliphatic heterocycles. The Balaban J connectivity index is 2.00. The average Bonchev–Trinajstić information content (AvgIpc) is 3.32. The van der Waals surface area contributed by atoms with Gasteiger partial charge in [0.2, 0.25) is 0 Å². The summed E-state index contributed by atoms with van der Waals surface area (Å²) in [5.74, 6) is -0.214. The third-order valence-corrected chi connectivity index (χ3v) is 9.38. The lowest BCUT2D eigenvalue weighted by atomic mass is 10.0. The molecule has 0 bridgehead atoms. The molecule has 13 nitrogen and oxygen atoms in total. The first-order valence-corrected chi connectivity index (χ1v) is 16.9. The highest BCUT2D eigenvalue weighted by atomic mass is 32.2. The van der Waals surface area contributed by atoms with Crippen molar-refractivity contribution in [2.24, 2.45) is 5.92 Å². The number of aryl methyl sites for hydroxylation is 2. The second-order valence-electron chi connectivity index (χ2n) is 12.3. The highest BCUT2D eigenvalue weighted by Gasteiger charge is 2.32. The number of aliphatic hydroxyl groups excluding tert-OH is 1. The molecule has 14 heteroatoms. The van der Waals surface area contributed by atoms with Gasteiger partial charge in [0.25, 0.3) is 15.9 Å². The third-order valence-electron chi connectivity index (χ3n) is 7.75. The lowest BCUT2D eigenvalue weighted by molar-refractivity contribution is -0.0122. The highest BCUT2D eigenvalue weighted by Crippen LogP contribution is 2.30. The Morgan fingerprint density at radius 3 is 2.53 bits per heavy atom. The number of carbonyl (C=O) groups is 2. The quantitative estimate of drug-likeness (QED) is 0.384. The standard InChI is InChI=1S/C31H49N5O8S/c1-19(2)32-31(39)35(8)17-28-20(3)16-36(21(4)18-37)30(38)26-15-25(34-45(40,41)29-23(6)33-44-24(29)7)12-13-27(26)43-22(5)11-9-10-14-42-28/h12-13,15,19-22,28,34,37H,9-11,14,16-18H2,1-8H3,(H,32,39)/t20-,21+,22-,28+/m0/s1. The first-order chi connectivity index (χ1) is 21.1. The second-order valence-corrected chi connectivity index (χ2v) is 13.9. The van der Waals surface area contributed by atoms with Gasteiger partial charge in [0, 0.05) is 44.4 Å². The summed E-state index contributed by atoms with van der Waals surface area (Å²) < 4.78 is 46.6. The highest BCUT2D eigenvalue weighted by molar-refractivity contribution is 7.92. The van der Waals surface area contributed by atoms with Crippen molar-refractivity contribution in [1.82, 2.24) is 20.3 Å². The molecule has 3 rings (SSSR count). The van der Waals surface area contributed by atoms with Crippen LogP contribution in [0.2, 0.25) is 0 Å². The SMILES string of the molecule is Cc1noc(C)c1S(=O)(=O)Nc1ccc2c(c1)C(=O)N([C@H](C)CO)C[C@H](C)[C@@H](CN(C)C(=O)NC(C)C)OCCCC[C@H](C)O2. The Labute approximate surface area is 266 Å². The number of sulfonamides is 1. The molecule has 0 spiro atoms. The molecule has 1 aliphatic rings. The number of aliphatic hydroxyl groups is 1. The number of likely N-dealkylation sites (N-methyl/N-ethyl adjacent to an activating group) is 1. The van der Waals surface area contributed by atoms with Crippen LogP contribution >= 0.6 is 0 Å². The summed E-state index contributed by atoms with van der Waals surface area (Å²) in [6, 6.07) is 3.75. The van der Waals surface area contributed by atoms with Crippen molar-refractivity contribution >= 4 is 27.6 Å². The molecular formula is C31H49N5O8S. The minimum absolute atomic E-state index is 0.0242. The molecule has 2 aromatic rings. The van der Waals surface area contributed by atoms with E-state index in [0.29, 0.717) is 25.3 Å². The predicted molar refractivity (Wildman–Crippen MR) is 170 cm³/mol. The number of rotatable bonds is 8. The maximum Gasteiger partial charge on any atom is 0.317 e. The Morgan fingerprint density at radius 2 is 1.91 bits per heavy atom. The zero-order valence-electron chi connectivity index (χ0n) is 27.6. The average molecular weight is 652 g/mol. The molecule has 3 amide bonds. The van der Waals surface area contributed by atoms with Gasteiger partial charge in [0.05, 0.1) is 30.4 Å². The van der Waals surface area contributed by atoms with Crippen LogP contribution in [0.1, 0.15) is 75.7 Å². The van der Waals surface area contributed by atoms with Gasteiger partial charge >= 0.3 is 6.03 Å². The molecule has 45 heavy (non-hydrogen) atoms. The molecule has 1 aromatic heterocycles. The molecule has 0 unspecified atom stereocenters. The van der Waals surface area contributed by atoms with Crippen LogP contribution in [0.4, 0.5) is 10.5 Å². The maximum atomic E-state index is 14.3. The van der Waals surface area contributed by atoms with Crippen LogP contribution in [0.25, 0.3) is 0 Å². The predicted octanol–water partition coefficient (Wildman–Crippen LogP) is 3.94. The van der Waals surface area contributed by atoms with Crippen LogP contribution in [0, 0.1) is 19.8 Å². The van der Waals surface area contributed by atoms with E-state index in [1.807, 2.05) is 27.7 Å². The molecule has 2 heterocycles. The number of hydrogen-bond donors (Lipinski definition) is 3. The van der Waals surface area contributed by atoms with E-state index in [1.165, 1.54) is 19.9 Å². The third kappa shape index (κ3) is 9.57. The van der Waals surface area contributed by atoms with Gasteiger partial charge in [-0.25, -0.2) is 13.2 Å². The molecule has 3 N–H and O–H groups in total. The van der Waals surface area contributed by atoms with Crippen molar-refractivity contribution in [2.45, 2.75) is 96.9 Å². The van der Waals surface area contributed by atoms with Crippen molar-refractivity contribution in [2.75, 3.05) is 38.1 Å². The van der Waals surface area contributed by atoms with E-state index in [-0.39, 0.29) is 64.8 Å². The van der Waals surface area contributed by atoms with E-state index < -0.39 is 28.1 Å². The van der Waals surface area contributed by atoms with Crippen molar-refractivity contribution in [3.63, 3.8) is 0 Å². The number of carbonyl (C=O) groups excluding carboxylic acids is 2. The number of hydrogen-bond acceptors (Lipinski definition) is 9. The van der Waals surface area contributed by atoms with E-state index >= 15 is 0 Å². The number of urea groups is 1. The van der Waals surface area contributed by atoms with Crippen molar-refractivity contribution in [3.8, 4) is 5.75 Å². The summed E-state index contributed by atoms with van der Waals surface area (Å²) in [7, 11) is -2.37. The minimum atomic E-state index is -4.08. The molecule has 1 aromatic carbocycles. The van der Waals surface area contributed by atoms with Gasteiger partial charge < -0.3 is 34.2 Å². The van der Waals surface area contributed by atoms with Crippen molar-refractivity contribution in [1.29, 1.82) is 0 Å². The van der Waals surface area contributed by atoms with Gasteiger partial charge in [0.1, 0.15) is 11.4 Å². The summed E-state index contributed by atoms with van der Waals surface area (Å²) in [6.45, 7) is 13.1. The zero-order chi connectivity index (χ0) is 33.5. The first kappa shape index (κ1) is 36.1. The van der Waals surface area contributed by atoms with Crippen LogP contribution in [0.5, 0.6) is 5.75 Å².